The molecule has 1 aromatic rings. The van der Waals surface area contributed by atoms with Gasteiger partial charge in [-0.15, -0.1) is 0 Å². The average molecular weight is 567 g/mol. The summed E-state index contributed by atoms with van der Waals surface area (Å²) in [5.41, 5.74) is 3.09. The molecule has 0 saturated carbocycles. The number of aryl methyl sites for hydroxylation is 1. The van der Waals surface area contributed by atoms with Gasteiger partial charge in [0.2, 0.25) is 12.6 Å². The van der Waals surface area contributed by atoms with E-state index in [2.05, 4.69) is 19.9 Å². The quantitative estimate of drug-likeness (QED) is 0.0876. The van der Waals surface area contributed by atoms with Crippen molar-refractivity contribution in [2.45, 2.75) is 91.1 Å². The van der Waals surface area contributed by atoms with Gasteiger partial charge in [0.1, 0.15) is 24.7 Å². The first kappa shape index (κ1) is 33.2. The predicted octanol–water partition coefficient (Wildman–Crippen LogP) is 6.68. The zero-order valence-corrected chi connectivity index (χ0v) is 24.8. The molecule has 0 saturated heterocycles. The first-order chi connectivity index (χ1) is 19.3. The Balaban J connectivity index is 2.37. The van der Waals surface area contributed by atoms with E-state index < -0.39 is 24.9 Å². The number of ether oxygens (including phenoxy) is 8. The van der Waals surface area contributed by atoms with Crippen molar-refractivity contribution >= 4 is 12.3 Å². The second-order valence-electron chi connectivity index (χ2n) is 9.76. The SMILES string of the molecule is CCCCCc1cc(OC(C)OC(=O)OCCOC)c(C2C=C(C)CCC2)c(OC(C)OC(=O)OCCOC)c1. The van der Waals surface area contributed by atoms with Crippen LogP contribution in [0.4, 0.5) is 9.59 Å². The molecule has 0 radical (unpaired) electrons. The maximum absolute atomic E-state index is 12.1. The van der Waals surface area contributed by atoms with Crippen molar-refractivity contribution in [3.63, 3.8) is 0 Å². The topological polar surface area (TPSA) is 108 Å². The number of hydrogen-bond donors (Lipinski definition) is 0. The zero-order valence-electron chi connectivity index (χ0n) is 24.8. The third kappa shape index (κ3) is 12.0. The summed E-state index contributed by atoms with van der Waals surface area (Å²) in [5, 5.41) is 0. The molecule has 3 atom stereocenters. The average Bonchev–Trinajstić information content (AvgIpc) is 2.89. The smallest absolute Gasteiger partial charge is 0.454 e. The van der Waals surface area contributed by atoms with Gasteiger partial charge in [0, 0.05) is 39.5 Å². The Labute approximate surface area is 238 Å². The van der Waals surface area contributed by atoms with E-state index in [1.165, 1.54) is 19.8 Å². The molecule has 1 aliphatic rings. The number of benzene rings is 1. The molecule has 10 heteroatoms. The van der Waals surface area contributed by atoms with E-state index >= 15 is 0 Å². The molecule has 1 aliphatic carbocycles. The maximum Gasteiger partial charge on any atom is 0.511 e. The summed E-state index contributed by atoms with van der Waals surface area (Å²) >= 11 is 0. The summed E-state index contributed by atoms with van der Waals surface area (Å²) in [6, 6.07) is 3.96. The molecule has 0 spiro atoms. The zero-order chi connectivity index (χ0) is 29.3. The summed E-state index contributed by atoms with van der Waals surface area (Å²) in [4.78, 5) is 24.2. The lowest BCUT2D eigenvalue weighted by molar-refractivity contribution is -0.0598. The van der Waals surface area contributed by atoms with Crippen LogP contribution in [-0.4, -0.2) is 65.5 Å². The molecule has 0 fully saturated rings. The lowest BCUT2D eigenvalue weighted by Gasteiger charge is -2.28. The second-order valence-corrected chi connectivity index (χ2v) is 9.76. The monoisotopic (exact) mass is 566 g/mol. The molecule has 0 bridgehead atoms. The number of unbranched alkanes of at least 4 members (excludes halogenated alkanes) is 2. The lowest BCUT2D eigenvalue weighted by Crippen LogP contribution is -2.25. The molecular formula is C30H46O10. The molecule has 2 rings (SSSR count). The van der Waals surface area contributed by atoms with E-state index in [4.69, 9.17) is 37.9 Å². The van der Waals surface area contributed by atoms with E-state index in [9.17, 15) is 9.59 Å². The van der Waals surface area contributed by atoms with Crippen molar-refractivity contribution in [1.29, 1.82) is 0 Å². The van der Waals surface area contributed by atoms with Gasteiger partial charge in [-0.3, -0.25) is 0 Å². The molecule has 0 heterocycles. The molecule has 0 aromatic heterocycles. The fourth-order valence-electron chi connectivity index (χ4n) is 4.44. The highest BCUT2D eigenvalue weighted by atomic mass is 16.8. The van der Waals surface area contributed by atoms with Gasteiger partial charge in [0.25, 0.3) is 0 Å². The Morgan fingerprint density at radius 2 is 1.43 bits per heavy atom. The van der Waals surface area contributed by atoms with Gasteiger partial charge in [0.15, 0.2) is 0 Å². The molecule has 1 aromatic carbocycles. The Bertz CT molecular complexity index is 891. The summed E-state index contributed by atoms with van der Waals surface area (Å²) in [5.74, 6) is 1.10. The van der Waals surface area contributed by atoms with Crippen LogP contribution >= 0.6 is 0 Å². The predicted molar refractivity (Wildman–Crippen MR) is 149 cm³/mol. The molecule has 3 unspecified atom stereocenters. The fraction of sp³-hybridized carbons (Fsp3) is 0.667. The van der Waals surface area contributed by atoms with Crippen molar-refractivity contribution in [2.75, 3.05) is 40.6 Å². The Hall–Kier alpha value is -2.98. The highest BCUT2D eigenvalue weighted by Gasteiger charge is 2.27. The Kier molecular flexibility index (Phi) is 15.3. The summed E-state index contributed by atoms with van der Waals surface area (Å²) in [6.45, 7) is 8.22. The van der Waals surface area contributed by atoms with E-state index in [-0.39, 0.29) is 32.3 Å². The first-order valence-electron chi connectivity index (χ1n) is 14.1. The first-order valence-corrected chi connectivity index (χ1v) is 14.1. The van der Waals surface area contributed by atoms with E-state index in [0.29, 0.717) is 11.5 Å². The van der Waals surface area contributed by atoms with Crippen LogP contribution in [0.15, 0.2) is 23.8 Å². The fourth-order valence-corrected chi connectivity index (χ4v) is 4.44. The van der Waals surface area contributed by atoms with Crippen LogP contribution in [0.5, 0.6) is 11.5 Å². The van der Waals surface area contributed by atoms with Crippen molar-refractivity contribution in [3.05, 3.63) is 34.9 Å². The maximum atomic E-state index is 12.1. The normalized spacial score (nSPS) is 16.4. The minimum atomic E-state index is -0.925. The van der Waals surface area contributed by atoms with E-state index in [0.717, 1.165) is 56.1 Å². The number of carbonyl (C=O) groups excluding carboxylic acids is 2. The highest BCUT2D eigenvalue weighted by Crippen LogP contribution is 2.43. The molecular weight excluding hydrogens is 520 g/mol. The van der Waals surface area contributed by atoms with E-state index in [1.807, 2.05) is 12.1 Å². The summed E-state index contributed by atoms with van der Waals surface area (Å²) in [7, 11) is 3.04. The van der Waals surface area contributed by atoms with Crippen molar-refractivity contribution in [1.82, 2.24) is 0 Å². The van der Waals surface area contributed by atoms with Crippen molar-refractivity contribution in [3.8, 4) is 11.5 Å². The molecule has 40 heavy (non-hydrogen) atoms. The molecule has 0 aliphatic heterocycles. The largest absolute Gasteiger partial charge is 0.511 e. The van der Waals surface area contributed by atoms with Crippen molar-refractivity contribution in [2.24, 2.45) is 0 Å². The van der Waals surface area contributed by atoms with Gasteiger partial charge >= 0.3 is 12.3 Å². The van der Waals surface area contributed by atoms with Crippen LogP contribution in [-0.2, 0) is 34.8 Å². The van der Waals surface area contributed by atoms with Gasteiger partial charge in [-0.25, -0.2) is 9.59 Å². The molecule has 0 N–H and O–H groups in total. The van der Waals surface area contributed by atoms with Crippen LogP contribution in [0.1, 0.15) is 83.3 Å². The number of methoxy groups -OCH3 is 2. The Morgan fingerprint density at radius 3 is 1.90 bits per heavy atom. The van der Waals surface area contributed by atoms with Crippen LogP contribution in [0.2, 0.25) is 0 Å². The van der Waals surface area contributed by atoms with Gasteiger partial charge < -0.3 is 37.9 Å². The minimum Gasteiger partial charge on any atom is -0.454 e. The third-order valence-corrected chi connectivity index (χ3v) is 6.30. The van der Waals surface area contributed by atoms with Crippen LogP contribution < -0.4 is 9.47 Å². The lowest BCUT2D eigenvalue weighted by atomic mass is 9.84. The number of hydrogen-bond acceptors (Lipinski definition) is 10. The second kappa shape index (κ2) is 18.4. The number of carbonyl (C=O) groups is 2. The third-order valence-electron chi connectivity index (χ3n) is 6.30. The van der Waals surface area contributed by atoms with Gasteiger partial charge in [-0.2, -0.15) is 0 Å². The van der Waals surface area contributed by atoms with Gasteiger partial charge in [-0.1, -0.05) is 31.4 Å². The molecule has 226 valence electrons. The number of allylic oxidation sites excluding steroid dienone is 2. The minimum absolute atomic E-state index is 0.00477. The number of rotatable bonds is 17. The summed E-state index contributed by atoms with van der Waals surface area (Å²) in [6.07, 6.45) is 5.57. The van der Waals surface area contributed by atoms with Crippen molar-refractivity contribution < 1.29 is 47.5 Å². The summed E-state index contributed by atoms with van der Waals surface area (Å²) < 4.78 is 42.9. The molecule has 10 nitrogen and oxygen atoms in total. The molecule has 0 amide bonds. The van der Waals surface area contributed by atoms with Gasteiger partial charge in [0.05, 0.1) is 13.2 Å². The highest BCUT2D eigenvalue weighted by molar-refractivity contribution is 5.60. The van der Waals surface area contributed by atoms with Crippen LogP contribution in [0.25, 0.3) is 0 Å². The standard InChI is InChI=1S/C30H46O10/c1-7-8-9-12-24-19-26(37-22(3)39-29(31)35-16-14-33-5)28(25-13-10-11-21(2)18-25)27(20-24)38-23(4)40-30(32)36-17-15-34-6/h18-20,22-23,25H,7-17H2,1-6H3. The Morgan fingerprint density at radius 1 is 0.875 bits per heavy atom. The van der Waals surface area contributed by atoms with Crippen LogP contribution in [0, 0.1) is 0 Å². The van der Waals surface area contributed by atoms with E-state index in [1.54, 1.807) is 13.8 Å². The van der Waals surface area contributed by atoms with Gasteiger partial charge in [-0.05, 0) is 56.7 Å². The van der Waals surface area contributed by atoms with Crippen LogP contribution in [0.3, 0.4) is 0 Å².